The van der Waals surface area contributed by atoms with E-state index in [0.717, 1.165) is 0 Å². The summed E-state index contributed by atoms with van der Waals surface area (Å²) in [5, 5.41) is 23.3. The molecule has 0 saturated carbocycles. The van der Waals surface area contributed by atoms with Crippen LogP contribution in [0.5, 0.6) is 0 Å². The number of likely N-dealkylation sites (N-methyl/N-ethyl adjacent to an activating group) is 1. The van der Waals surface area contributed by atoms with Gasteiger partial charge < -0.3 is 15.5 Å². The summed E-state index contributed by atoms with van der Waals surface area (Å²) < 4.78 is 0. The highest BCUT2D eigenvalue weighted by molar-refractivity contribution is 5.78. The van der Waals surface area contributed by atoms with Gasteiger partial charge in [-0.2, -0.15) is 0 Å². The van der Waals surface area contributed by atoms with E-state index in [2.05, 4.69) is 10.5 Å². The minimum atomic E-state index is -0.996. The maximum absolute atomic E-state index is 11.8. The molecule has 0 spiro atoms. The predicted molar refractivity (Wildman–Crippen MR) is 106 cm³/mol. The van der Waals surface area contributed by atoms with E-state index in [4.69, 9.17) is 10.2 Å². The molecule has 1 rings (SSSR count). The van der Waals surface area contributed by atoms with Gasteiger partial charge in [0.1, 0.15) is 0 Å². The molecule has 0 aliphatic carbocycles. The van der Waals surface area contributed by atoms with Crippen LogP contribution < -0.4 is 5.32 Å². The summed E-state index contributed by atoms with van der Waals surface area (Å²) in [5.41, 5.74) is 0. The number of nitroso groups, excluding NO2 is 1. The third kappa shape index (κ3) is 10.9. The monoisotopic (exact) mass is 430 g/mol. The van der Waals surface area contributed by atoms with Crippen LogP contribution in [-0.2, 0) is 19.2 Å². The summed E-state index contributed by atoms with van der Waals surface area (Å²) >= 11 is 0. The number of carbonyl (C=O) groups is 4. The molecule has 0 aromatic carbocycles. The van der Waals surface area contributed by atoms with Crippen molar-refractivity contribution in [3.63, 3.8) is 0 Å². The van der Waals surface area contributed by atoms with Crippen molar-refractivity contribution in [3.05, 3.63) is 4.91 Å². The number of carboxylic acids is 2. The summed E-state index contributed by atoms with van der Waals surface area (Å²) in [6.07, 6.45) is 0. The molecule has 0 unspecified atom stereocenters. The molecule has 13 heteroatoms. The van der Waals surface area contributed by atoms with E-state index in [1.807, 2.05) is 4.90 Å². The molecule has 0 bridgehead atoms. The van der Waals surface area contributed by atoms with Crippen LogP contribution in [0.2, 0.25) is 0 Å². The lowest BCUT2D eigenvalue weighted by Crippen LogP contribution is -2.49. The van der Waals surface area contributed by atoms with Crippen molar-refractivity contribution in [2.24, 2.45) is 5.18 Å². The van der Waals surface area contributed by atoms with Gasteiger partial charge in [0, 0.05) is 64.6 Å². The van der Waals surface area contributed by atoms with Gasteiger partial charge in [0.25, 0.3) is 5.91 Å². The molecule has 1 aliphatic rings. The zero-order chi connectivity index (χ0) is 22.5. The third-order valence-corrected chi connectivity index (χ3v) is 4.75. The summed E-state index contributed by atoms with van der Waals surface area (Å²) in [4.78, 5) is 63.0. The third-order valence-electron chi connectivity index (χ3n) is 4.75. The second-order valence-corrected chi connectivity index (χ2v) is 7.05. The fourth-order valence-corrected chi connectivity index (χ4v) is 3.10. The number of hydrogen-bond donors (Lipinski definition) is 3. The zero-order valence-corrected chi connectivity index (χ0v) is 17.2. The molecular weight excluding hydrogens is 400 g/mol. The Morgan fingerprint density at radius 1 is 0.700 bits per heavy atom. The molecular formula is C17H30N6O7. The molecule has 1 saturated heterocycles. The highest BCUT2D eigenvalue weighted by Crippen LogP contribution is 2.01. The van der Waals surface area contributed by atoms with E-state index in [9.17, 15) is 24.1 Å². The van der Waals surface area contributed by atoms with E-state index < -0.39 is 17.8 Å². The second-order valence-electron chi connectivity index (χ2n) is 7.05. The van der Waals surface area contributed by atoms with Crippen molar-refractivity contribution >= 4 is 23.8 Å². The fourth-order valence-electron chi connectivity index (χ4n) is 3.10. The van der Waals surface area contributed by atoms with Crippen LogP contribution in [-0.4, -0.2) is 139 Å². The Balaban J connectivity index is 2.95. The van der Waals surface area contributed by atoms with E-state index in [-0.39, 0.29) is 32.1 Å². The molecule has 1 fully saturated rings. The van der Waals surface area contributed by atoms with E-state index in [1.165, 1.54) is 7.05 Å². The lowest BCUT2D eigenvalue weighted by Gasteiger charge is -2.32. The lowest BCUT2D eigenvalue weighted by molar-refractivity contribution is -0.139. The fraction of sp³-hybridized carbons (Fsp3) is 0.765. The zero-order valence-electron chi connectivity index (χ0n) is 17.2. The highest BCUT2D eigenvalue weighted by Gasteiger charge is 2.21. The summed E-state index contributed by atoms with van der Waals surface area (Å²) in [6, 6.07) is 0. The number of carboxylic acid groups (broad SMARTS) is 2. The van der Waals surface area contributed by atoms with Crippen molar-refractivity contribution in [1.29, 1.82) is 0 Å². The SMILES string of the molecule is CNC(=O)CN1CCN(CC(=O)O)CCN(CC(=O)N=O)CCN(CC(=O)O)CC1. The van der Waals surface area contributed by atoms with E-state index in [1.54, 1.807) is 14.7 Å². The Hall–Kier alpha value is -2.48. The number of hydrogen-bond acceptors (Lipinski definition) is 9. The summed E-state index contributed by atoms with van der Waals surface area (Å²) in [5.74, 6) is -3.02. The average molecular weight is 430 g/mol. The molecule has 13 nitrogen and oxygen atoms in total. The van der Waals surface area contributed by atoms with Crippen molar-refractivity contribution in [1.82, 2.24) is 24.9 Å². The van der Waals surface area contributed by atoms with Crippen LogP contribution >= 0.6 is 0 Å². The van der Waals surface area contributed by atoms with Gasteiger partial charge in [-0.3, -0.25) is 38.8 Å². The molecule has 170 valence electrons. The molecule has 0 aromatic heterocycles. The number of carbonyl (C=O) groups excluding carboxylic acids is 2. The molecule has 2 amide bonds. The quantitative estimate of drug-likeness (QED) is 0.346. The van der Waals surface area contributed by atoms with Gasteiger partial charge in [-0.15, -0.1) is 4.91 Å². The minimum absolute atomic E-state index is 0.115. The molecule has 0 aromatic rings. The van der Waals surface area contributed by atoms with Gasteiger partial charge in [-0.1, -0.05) is 0 Å². The summed E-state index contributed by atoms with van der Waals surface area (Å²) in [7, 11) is 1.52. The van der Waals surface area contributed by atoms with Gasteiger partial charge >= 0.3 is 11.9 Å². The van der Waals surface area contributed by atoms with Crippen LogP contribution in [0.15, 0.2) is 5.18 Å². The Bertz CT molecular complexity index is 585. The first-order chi connectivity index (χ1) is 14.2. The number of nitrogens with one attached hydrogen (secondary N) is 1. The van der Waals surface area contributed by atoms with E-state index >= 15 is 0 Å². The molecule has 0 atom stereocenters. The molecule has 1 heterocycles. The first-order valence-corrected chi connectivity index (χ1v) is 9.63. The van der Waals surface area contributed by atoms with Crippen molar-refractivity contribution in [2.75, 3.05) is 85.6 Å². The van der Waals surface area contributed by atoms with Crippen LogP contribution in [0.1, 0.15) is 0 Å². The molecule has 30 heavy (non-hydrogen) atoms. The van der Waals surface area contributed by atoms with Crippen LogP contribution in [0.4, 0.5) is 0 Å². The van der Waals surface area contributed by atoms with Crippen molar-refractivity contribution in [3.8, 4) is 0 Å². The lowest BCUT2D eigenvalue weighted by atomic mass is 10.3. The average Bonchev–Trinajstić information content (AvgIpc) is 2.68. The number of rotatable bonds is 8. The second kappa shape index (κ2) is 13.7. The topological polar surface area (TPSA) is 163 Å². The van der Waals surface area contributed by atoms with Crippen molar-refractivity contribution in [2.45, 2.75) is 0 Å². The molecule has 0 radical (unpaired) electrons. The van der Waals surface area contributed by atoms with Gasteiger partial charge in [0.05, 0.1) is 26.2 Å². The van der Waals surface area contributed by atoms with Gasteiger partial charge in [0.15, 0.2) is 0 Å². The maximum atomic E-state index is 11.8. The number of amides is 2. The molecule has 1 aliphatic heterocycles. The summed E-state index contributed by atoms with van der Waals surface area (Å²) in [6.45, 7) is 2.34. The minimum Gasteiger partial charge on any atom is -0.480 e. The Kier molecular flexibility index (Phi) is 11.7. The van der Waals surface area contributed by atoms with E-state index in [0.29, 0.717) is 52.4 Å². The largest absolute Gasteiger partial charge is 0.480 e. The number of aliphatic carboxylic acids is 2. The normalized spacial score (nSPS) is 18.7. The molecule has 3 N–H and O–H groups in total. The van der Waals surface area contributed by atoms with Gasteiger partial charge in [0.2, 0.25) is 5.91 Å². The Labute approximate surface area is 174 Å². The Morgan fingerprint density at radius 2 is 1.03 bits per heavy atom. The Morgan fingerprint density at radius 3 is 1.33 bits per heavy atom. The van der Waals surface area contributed by atoms with Crippen LogP contribution in [0.3, 0.4) is 0 Å². The van der Waals surface area contributed by atoms with Gasteiger partial charge in [-0.05, 0) is 0 Å². The van der Waals surface area contributed by atoms with Crippen molar-refractivity contribution < 1.29 is 29.4 Å². The highest BCUT2D eigenvalue weighted by atomic mass is 16.4. The smallest absolute Gasteiger partial charge is 0.317 e. The van der Waals surface area contributed by atoms with Gasteiger partial charge in [-0.25, -0.2) is 0 Å². The first kappa shape index (κ1) is 25.6. The first-order valence-electron chi connectivity index (χ1n) is 9.63. The van der Waals surface area contributed by atoms with Crippen LogP contribution in [0.25, 0.3) is 0 Å². The number of nitrogens with zero attached hydrogens (tertiary/aromatic N) is 5. The maximum Gasteiger partial charge on any atom is 0.317 e. The predicted octanol–water partition coefficient (Wildman–Crippen LogP) is -2.58. The van der Waals surface area contributed by atoms with Crippen LogP contribution in [0, 0.1) is 4.91 Å². The standard InChI is InChI=1S/C17H30N6O7/c1-18-14(24)10-20-2-6-22(12-16(26)27)8-4-21(11-15(25)19-30)5-9-23(7-3-20)13-17(28)29/h2-13H2,1H3,(H,18,24)(H,26,27)(H,28,29).